The highest BCUT2D eigenvalue weighted by Gasteiger charge is 1.99. The maximum Gasteiger partial charge on any atom is 0.0762 e. The molecule has 0 fully saturated rings. The van der Waals surface area contributed by atoms with Gasteiger partial charge in [0.25, 0.3) is 0 Å². The van der Waals surface area contributed by atoms with E-state index in [1.165, 1.54) is 11.6 Å². The van der Waals surface area contributed by atoms with Gasteiger partial charge >= 0.3 is 0 Å². The Bertz CT molecular complexity index is 253. The van der Waals surface area contributed by atoms with Crippen molar-refractivity contribution in [1.82, 2.24) is 0 Å². The monoisotopic (exact) mass is 239 g/mol. The molecule has 2 heteroatoms. The van der Waals surface area contributed by atoms with E-state index in [1.54, 1.807) is 0 Å². The Morgan fingerprint density at radius 2 is 2.00 bits per heavy atom. The molecule has 0 aliphatic heterocycles. The van der Waals surface area contributed by atoms with Gasteiger partial charge in [0.1, 0.15) is 0 Å². The van der Waals surface area contributed by atoms with Crippen molar-refractivity contribution in [3.63, 3.8) is 0 Å². The molecule has 1 aromatic carbocycles. The molecule has 0 unspecified atom stereocenters. The van der Waals surface area contributed by atoms with E-state index in [2.05, 4.69) is 59.0 Å². The maximum absolute atomic E-state index is 3.81. The predicted molar refractivity (Wildman–Crippen MR) is 59.7 cm³/mol. The van der Waals surface area contributed by atoms with Gasteiger partial charge in [0.15, 0.2) is 0 Å². The van der Waals surface area contributed by atoms with E-state index in [4.69, 9.17) is 0 Å². The first-order chi connectivity index (χ1) is 5.72. The van der Waals surface area contributed by atoms with Crippen LogP contribution in [0.1, 0.15) is 5.56 Å². The van der Waals surface area contributed by atoms with Gasteiger partial charge < -0.3 is 0 Å². The van der Waals surface area contributed by atoms with Crippen LogP contribution in [-0.4, -0.2) is 8.80 Å². The molecule has 0 nitrogen and oxygen atoms in total. The highest BCUT2D eigenvalue weighted by molar-refractivity contribution is 9.10. The molecule has 0 N–H and O–H groups in total. The van der Waals surface area contributed by atoms with Crippen molar-refractivity contribution in [1.29, 1.82) is 0 Å². The molecule has 1 aromatic rings. The van der Waals surface area contributed by atoms with Crippen LogP contribution in [0.3, 0.4) is 0 Å². The van der Waals surface area contributed by atoms with Crippen molar-refractivity contribution in [3.05, 3.63) is 46.6 Å². The van der Waals surface area contributed by atoms with Gasteiger partial charge in [-0.3, -0.25) is 0 Å². The predicted octanol–water partition coefficient (Wildman–Crippen LogP) is 3.38. The van der Waals surface area contributed by atoms with Crippen LogP contribution in [0.4, 0.5) is 0 Å². The quantitative estimate of drug-likeness (QED) is 0.710. The normalized spacial score (nSPS) is 10.2. The summed E-state index contributed by atoms with van der Waals surface area (Å²) in [7, 11) is -0.345. The minimum Gasteiger partial charge on any atom is -0.107 e. The number of hydrogen-bond acceptors (Lipinski definition) is 0. The highest BCUT2D eigenvalue weighted by Crippen LogP contribution is 2.11. The summed E-state index contributed by atoms with van der Waals surface area (Å²) in [5, 5.41) is 0. The van der Waals surface area contributed by atoms with E-state index in [-0.39, 0.29) is 8.80 Å². The molecule has 1 rings (SSSR count). The van der Waals surface area contributed by atoms with Crippen molar-refractivity contribution < 1.29 is 0 Å². The molecule has 0 saturated carbocycles. The van der Waals surface area contributed by atoms with Crippen LogP contribution in [0.25, 0.3) is 0 Å². The van der Waals surface area contributed by atoms with Gasteiger partial charge in [0.05, 0.1) is 8.80 Å². The fourth-order valence-corrected chi connectivity index (χ4v) is 2.28. The molecule has 0 spiro atoms. The van der Waals surface area contributed by atoms with Crippen LogP contribution in [0.2, 0.25) is 6.55 Å². The van der Waals surface area contributed by atoms with Crippen LogP contribution in [0, 0.1) is 0 Å². The third-order valence-corrected chi connectivity index (χ3v) is 3.94. The Morgan fingerprint density at radius 3 is 2.50 bits per heavy atom. The average Bonchev–Trinajstić information content (AvgIpc) is 2.09. The Hall–Kier alpha value is -0.343. The number of halogens is 1. The fraction of sp³-hybridized carbons (Fsp3) is 0.200. The Balaban J connectivity index is 2.64. The topological polar surface area (TPSA) is 0 Å². The lowest BCUT2D eigenvalue weighted by molar-refractivity contribution is 1.36. The maximum atomic E-state index is 3.81. The lowest BCUT2D eigenvalue weighted by Crippen LogP contribution is -2.07. The van der Waals surface area contributed by atoms with E-state index < -0.39 is 0 Å². The smallest absolute Gasteiger partial charge is 0.0762 e. The standard InChI is InChI=1S/C10H12BrSi/c1-3-12(2)8-9-4-6-10(11)7-5-9/h3-7H,1,8H2,2H3. The molecule has 0 atom stereocenters. The largest absolute Gasteiger partial charge is 0.107 e. The molecule has 0 saturated heterocycles. The van der Waals surface area contributed by atoms with Crippen molar-refractivity contribution in [2.24, 2.45) is 0 Å². The SMILES string of the molecule is C=C[Si](C)Cc1ccc(Br)cc1. The zero-order chi connectivity index (χ0) is 8.97. The molecular weight excluding hydrogens is 228 g/mol. The van der Waals surface area contributed by atoms with Gasteiger partial charge in [0.2, 0.25) is 0 Å². The van der Waals surface area contributed by atoms with Crippen molar-refractivity contribution >= 4 is 24.7 Å². The molecular formula is C10H12BrSi. The lowest BCUT2D eigenvalue weighted by atomic mass is 10.2. The molecule has 0 amide bonds. The number of rotatable bonds is 3. The van der Waals surface area contributed by atoms with Crippen LogP contribution in [0.5, 0.6) is 0 Å². The molecule has 0 aliphatic carbocycles. The summed E-state index contributed by atoms with van der Waals surface area (Å²) in [5.74, 6) is 0. The third kappa shape index (κ3) is 2.95. The van der Waals surface area contributed by atoms with Crippen molar-refractivity contribution in [2.75, 3.05) is 0 Å². The molecule has 63 valence electrons. The second-order valence-electron chi connectivity index (χ2n) is 2.85. The summed E-state index contributed by atoms with van der Waals surface area (Å²) in [5.41, 5.74) is 3.50. The average molecular weight is 240 g/mol. The fourth-order valence-electron chi connectivity index (χ4n) is 0.996. The minimum atomic E-state index is -0.345. The molecule has 0 bridgehead atoms. The molecule has 12 heavy (non-hydrogen) atoms. The zero-order valence-electron chi connectivity index (χ0n) is 7.18. The van der Waals surface area contributed by atoms with E-state index >= 15 is 0 Å². The lowest BCUT2D eigenvalue weighted by Gasteiger charge is -2.03. The first-order valence-electron chi connectivity index (χ1n) is 3.91. The number of hydrogen-bond donors (Lipinski definition) is 0. The summed E-state index contributed by atoms with van der Waals surface area (Å²) in [6.45, 7) is 6.09. The Labute approximate surface area is 84.0 Å². The van der Waals surface area contributed by atoms with Gasteiger partial charge in [-0.25, -0.2) is 0 Å². The zero-order valence-corrected chi connectivity index (χ0v) is 9.76. The van der Waals surface area contributed by atoms with Gasteiger partial charge in [-0.1, -0.05) is 40.2 Å². The molecule has 1 radical (unpaired) electrons. The van der Waals surface area contributed by atoms with Crippen molar-refractivity contribution in [2.45, 2.75) is 12.6 Å². The molecule has 0 aliphatic rings. The third-order valence-electron chi connectivity index (χ3n) is 1.74. The summed E-state index contributed by atoms with van der Waals surface area (Å²) < 4.78 is 1.15. The summed E-state index contributed by atoms with van der Waals surface area (Å²) in [6, 6.07) is 9.70. The second-order valence-corrected chi connectivity index (χ2v) is 6.22. The summed E-state index contributed by atoms with van der Waals surface area (Å²) in [6.07, 6.45) is 0. The minimum absolute atomic E-state index is 0.345. The Morgan fingerprint density at radius 1 is 1.42 bits per heavy atom. The first-order valence-corrected chi connectivity index (χ1v) is 6.99. The van der Waals surface area contributed by atoms with E-state index in [0.717, 1.165) is 4.47 Å². The van der Waals surface area contributed by atoms with E-state index in [9.17, 15) is 0 Å². The first kappa shape index (κ1) is 9.74. The summed E-state index contributed by atoms with van der Waals surface area (Å²) in [4.78, 5) is 0. The van der Waals surface area contributed by atoms with Gasteiger partial charge in [-0.2, -0.15) is 0 Å². The van der Waals surface area contributed by atoms with Gasteiger partial charge in [0, 0.05) is 4.47 Å². The van der Waals surface area contributed by atoms with Gasteiger partial charge in [-0.05, 0) is 18.2 Å². The van der Waals surface area contributed by atoms with Gasteiger partial charge in [-0.15, -0.1) is 12.3 Å². The van der Waals surface area contributed by atoms with Crippen molar-refractivity contribution in [3.8, 4) is 0 Å². The van der Waals surface area contributed by atoms with Crippen LogP contribution in [-0.2, 0) is 6.04 Å². The van der Waals surface area contributed by atoms with Crippen LogP contribution < -0.4 is 0 Å². The second kappa shape index (κ2) is 4.63. The summed E-state index contributed by atoms with van der Waals surface area (Å²) >= 11 is 3.42. The molecule has 0 aromatic heterocycles. The Kier molecular flexibility index (Phi) is 3.76. The van der Waals surface area contributed by atoms with E-state index in [1.807, 2.05) is 0 Å². The molecule has 0 heterocycles. The van der Waals surface area contributed by atoms with Crippen LogP contribution in [0.15, 0.2) is 41.0 Å². The van der Waals surface area contributed by atoms with Crippen LogP contribution >= 0.6 is 15.9 Å². The van der Waals surface area contributed by atoms with E-state index in [0.29, 0.717) is 0 Å². The number of benzene rings is 1. The highest BCUT2D eigenvalue weighted by atomic mass is 79.9.